The number of thiocarbonyl (C=S) groups is 1. The second kappa shape index (κ2) is 5.65. The number of rotatable bonds is 3. The van der Waals surface area contributed by atoms with Gasteiger partial charge in [-0.2, -0.15) is 0 Å². The highest BCUT2D eigenvalue weighted by Crippen LogP contribution is 2.31. The van der Waals surface area contributed by atoms with Gasteiger partial charge in [-0.1, -0.05) is 48.3 Å². The zero-order valence-corrected chi connectivity index (χ0v) is 12.5. The van der Waals surface area contributed by atoms with Crippen molar-refractivity contribution in [1.82, 2.24) is 5.32 Å². The van der Waals surface area contributed by atoms with Gasteiger partial charge in [-0.25, -0.2) is 0 Å². The van der Waals surface area contributed by atoms with Crippen molar-refractivity contribution in [3.8, 4) is 0 Å². The van der Waals surface area contributed by atoms with Crippen molar-refractivity contribution in [1.29, 1.82) is 0 Å². The molecule has 0 saturated heterocycles. The first-order chi connectivity index (χ1) is 8.94. The van der Waals surface area contributed by atoms with E-state index in [0.29, 0.717) is 20.6 Å². The summed E-state index contributed by atoms with van der Waals surface area (Å²) in [5, 5.41) is 3.75. The Morgan fingerprint density at radius 1 is 1.32 bits per heavy atom. The van der Waals surface area contributed by atoms with Crippen molar-refractivity contribution in [3.63, 3.8) is 0 Å². The van der Waals surface area contributed by atoms with Crippen LogP contribution >= 0.6 is 35.4 Å². The van der Waals surface area contributed by atoms with Gasteiger partial charge in [-0.15, -0.1) is 0 Å². The molecule has 6 heteroatoms. The average molecular weight is 317 g/mol. The summed E-state index contributed by atoms with van der Waals surface area (Å²) in [6.07, 6.45) is 3.57. The lowest BCUT2D eigenvalue weighted by molar-refractivity contribution is 0.0924. The molecule has 0 bridgehead atoms. The second-order valence-corrected chi connectivity index (χ2v) is 6.02. The van der Waals surface area contributed by atoms with Crippen LogP contribution in [0, 0.1) is 0 Å². The Labute approximate surface area is 127 Å². The number of nitrogens with two attached hydrogens (primary N) is 1. The molecule has 1 aliphatic rings. The summed E-state index contributed by atoms with van der Waals surface area (Å²) >= 11 is 16.9. The van der Waals surface area contributed by atoms with E-state index >= 15 is 0 Å². The molecule has 1 amide bonds. The first kappa shape index (κ1) is 14.6. The van der Waals surface area contributed by atoms with Crippen molar-refractivity contribution in [2.24, 2.45) is 5.73 Å². The Balaban J connectivity index is 2.22. The SMILES string of the molecule is NC(=S)C1(NC(=O)c2ccc(Cl)cc2Cl)CCCC1. The third-order valence-electron chi connectivity index (χ3n) is 3.46. The molecule has 0 radical (unpaired) electrons. The molecule has 102 valence electrons. The van der Waals surface area contributed by atoms with Crippen LogP contribution in [0.2, 0.25) is 10.0 Å². The highest BCUT2D eigenvalue weighted by Gasteiger charge is 2.38. The summed E-state index contributed by atoms with van der Waals surface area (Å²) in [6, 6.07) is 4.77. The minimum Gasteiger partial charge on any atom is -0.391 e. The zero-order valence-electron chi connectivity index (χ0n) is 10.2. The molecule has 0 aromatic heterocycles. The van der Waals surface area contributed by atoms with E-state index in [4.69, 9.17) is 41.2 Å². The first-order valence-corrected chi connectivity index (χ1v) is 7.18. The maximum Gasteiger partial charge on any atom is 0.253 e. The van der Waals surface area contributed by atoms with Crippen LogP contribution in [0.5, 0.6) is 0 Å². The predicted molar refractivity (Wildman–Crippen MR) is 81.9 cm³/mol. The van der Waals surface area contributed by atoms with Crippen LogP contribution in [0.4, 0.5) is 0 Å². The molecule has 0 atom stereocenters. The molecule has 1 aromatic rings. The van der Waals surface area contributed by atoms with Crippen LogP contribution in [0.15, 0.2) is 18.2 Å². The standard InChI is InChI=1S/C13H14Cl2N2OS/c14-8-3-4-9(10(15)7-8)11(18)17-13(12(16)19)5-1-2-6-13/h3-4,7H,1-2,5-6H2,(H2,16,19)(H,17,18). The summed E-state index contributed by atoms with van der Waals surface area (Å²) in [6.45, 7) is 0. The van der Waals surface area contributed by atoms with Crippen molar-refractivity contribution in [2.75, 3.05) is 0 Å². The molecule has 3 N–H and O–H groups in total. The van der Waals surface area contributed by atoms with Crippen LogP contribution in [0.25, 0.3) is 0 Å². The minimum atomic E-state index is -0.574. The van der Waals surface area contributed by atoms with Gasteiger partial charge >= 0.3 is 0 Å². The monoisotopic (exact) mass is 316 g/mol. The van der Waals surface area contributed by atoms with Crippen molar-refractivity contribution in [2.45, 2.75) is 31.2 Å². The summed E-state index contributed by atoms with van der Waals surface area (Å²) in [5.41, 5.74) is 5.59. The van der Waals surface area contributed by atoms with Gasteiger partial charge in [0.1, 0.15) is 0 Å². The van der Waals surface area contributed by atoms with Gasteiger partial charge in [0, 0.05) is 5.02 Å². The van der Waals surface area contributed by atoms with Gasteiger partial charge in [0.05, 0.1) is 21.1 Å². The number of halogens is 2. The third-order valence-corrected chi connectivity index (χ3v) is 4.40. The largest absolute Gasteiger partial charge is 0.391 e. The van der Waals surface area contributed by atoms with Crippen molar-refractivity contribution < 1.29 is 4.79 Å². The van der Waals surface area contributed by atoms with E-state index in [-0.39, 0.29) is 5.91 Å². The maximum absolute atomic E-state index is 12.3. The molecule has 19 heavy (non-hydrogen) atoms. The number of carbonyl (C=O) groups excluding carboxylic acids is 1. The van der Waals surface area contributed by atoms with E-state index in [0.717, 1.165) is 25.7 Å². The second-order valence-electron chi connectivity index (χ2n) is 4.73. The molecule has 1 fully saturated rings. The Morgan fingerprint density at radius 2 is 1.95 bits per heavy atom. The van der Waals surface area contributed by atoms with Crippen LogP contribution in [0.1, 0.15) is 36.0 Å². The van der Waals surface area contributed by atoms with Gasteiger partial charge in [0.25, 0.3) is 5.91 Å². The first-order valence-electron chi connectivity index (χ1n) is 6.02. The molecule has 0 aliphatic heterocycles. The Hall–Kier alpha value is -0.840. The Kier molecular flexibility index (Phi) is 4.33. The van der Waals surface area contributed by atoms with Gasteiger partial charge < -0.3 is 11.1 Å². The highest BCUT2D eigenvalue weighted by atomic mass is 35.5. The summed E-state index contributed by atoms with van der Waals surface area (Å²) in [5.74, 6) is -0.267. The fourth-order valence-electron chi connectivity index (χ4n) is 2.37. The van der Waals surface area contributed by atoms with E-state index in [2.05, 4.69) is 5.32 Å². The van der Waals surface area contributed by atoms with Gasteiger partial charge in [0.2, 0.25) is 0 Å². The van der Waals surface area contributed by atoms with E-state index in [1.165, 1.54) is 0 Å². The van der Waals surface area contributed by atoms with Crippen LogP contribution in [-0.4, -0.2) is 16.4 Å². The Bertz CT molecular complexity index is 527. The number of carbonyl (C=O) groups is 1. The molecule has 0 unspecified atom stereocenters. The molecule has 0 heterocycles. The minimum absolute atomic E-state index is 0.267. The molecule has 1 aliphatic carbocycles. The molecular weight excluding hydrogens is 303 g/mol. The van der Waals surface area contributed by atoms with E-state index < -0.39 is 5.54 Å². The van der Waals surface area contributed by atoms with Gasteiger partial charge in [0.15, 0.2) is 0 Å². The molecule has 3 nitrogen and oxygen atoms in total. The fourth-order valence-corrected chi connectivity index (χ4v) is 3.12. The predicted octanol–water partition coefficient (Wildman–Crippen LogP) is 3.32. The van der Waals surface area contributed by atoms with E-state index in [1.54, 1.807) is 18.2 Å². The number of benzene rings is 1. The number of amides is 1. The highest BCUT2D eigenvalue weighted by molar-refractivity contribution is 7.80. The zero-order chi connectivity index (χ0) is 14.0. The van der Waals surface area contributed by atoms with Gasteiger partial charge in [-0.3, -0.25) is 4.79 Å². The topological polar surface area (TPSA) is 55.1 Å². The van der Waals surface area contributed by atoms with Crippen LogP contribution in [-0.2, 0) is 0 Å². The maximum atomic E-state index is 12.3. The molecule has 1 saturated carbocycles. The average Bonchev–Trinajstić information content (AvgIpc) is 2.78. The quantitative estimate of drug-likeness (QED) is 0.841. The van der Waals surface area contributed by atoms with Gasteiger partial charge in [-0.05, 0) is 31.0 Å². The van der Waals surface area contributed by atoms with Crippen molar-refractivity contribution >= 4 is 46.3 Å². The number of nitrogens with one attached hydrogen (secondary N) is 1. The molecular formula is C13H14Cl2N2OS. The molecule has 0 spiro atoms. The number of hydrogen-bond acceptors (Lipinski definition) is 2. The van der Waals surface area contributed by atoms with Crippen molar-refractivity contribution in [3.05, 3.63) is 33.8 Å². The van der Waals surface area contributed by atoms with E-state index in [1.807, 2.05) is 0 Å². The molecule has 1 aromatic carbocycles. The van der Waals surface area contributed by atoms with Crippen LogP contribution < -0.4 is 11.1 Å². The Morgan fingerprint density at radius 3 is 2.47 bits per heavy atom. The normalized spacial score (nSPS) is 17.2. The fraction of sp³-hybridized carbons (Fsp3) is 0.385. The smallest absolute Gasteiger partial charge is 0.253 e. The lowest BCUT2D eigenvalue weighted by Gasteiger charge is -2.29. The lowest BCUT2D eigenvalue weighted by Crippen LogP contribution is -2.54. The summed E-state index contributed by atoms with van der Waals surface area (Å²) in [7, 11) is 0. The third kappa shape index (κ3) is 3.02. The van der Waals surface area contributed by atoms with Crippen LogP contribution in [0.3, 0.4) is 0 Å². The van der Waals surface area contributed by atoms with E-state index in [9.17, 15) is 4.79 Å². The summed E-state index contributed by atoms with van der Waals surface area (Å²) in [4.78, 5) is 12.6. The molecule has 2 rings (SSSR count). The number of hydrogen-bond donors (Lipinski definition) is 2. The lowest BCUT2D eigenvalue weighted by atomic mass is 9.97. The summed E-state index contributed by atoms with van der Waals surface area (Å²) < 4.78 is 0.